The summed E-state index contributed by atoms with van der Waals surface area (Å²) in [4.78, 5) is 27.5. The molecule has 0 aliphatic heterocycles. The molecule has 0 bridgehead atoms. The SMILES string of the molecule is CC(C)NCC(=O)N(C)C(C)CCCCC(=O)N(C)C(C)C. The Labute approximate surface area is 136 Å². The first kappa shape index (κ1) is 20.9. The Kier molecular flexibility index (Phi) is 10.1. The number of hydrogen-bond acceptors (Lipinski definition) is 3. The first-order chi connectivity index (χ1) is 10.2. The summed E-state index contributed by atoms with van der Waals surface area (Å²) >= 11 is 0. The maximum Gasteiger partial charge on any atom is 0.236 e. The van der Waals surface area contributed by atoms with Crippen molar-refractivity contribution in [1.29, 1.82) is 0 Å². The van der Waals surface area contributed by atoms with Gasteiger partial charge in [-0.15, -0.1) is 0 Å². The van der Waals surface area contributed by atoms with Gasteiger partial charge in [0, 0.05) is 38.6 Å². The highest BCUT2D eigenvalue weighted by atomic mass is 16.2. The summed E-state index contributed by atoms with van der Waals surface area (Å²) in [5.74, 6) is 0.324. The first-order valence-electron chi connectivity index (χ1n) is 8.41. The van der Waals surface area contributed by atoms with Gasteiger partial charge in [0.1, 0.15) is 0 Å². The average Bonchev–Trinajstić information content (AvgIpc) is 2.46. The van der Waals surface area contributed by atoms with E-state index in [1.165, 1.54) is 0 Å². The van der Waals surface area contributed by atoms with Crippen LogP contribution >= 0.6 is 0 Å². The number of carbonyl (C=O) groups excluding carboxylic acids is 2. The molecular weight excluding hydrogens is 278 g/mol. The molecule has 0 aromatic carbocycles. The number of unbranched alkanes of at least 4 members (excludes halogenated alkanes) is 1. The van der Waals surface area contributed by atoms with E-state index in [-0.39, 0.29) is 23.9 Å². The number of carbonyl (C=O) groups is 2. The molecule has 0 aromatic heterocycles. The van der Waals surface area contributed by atoms with E-state index in [0.717, 1.165) is 19.3 Å². The predicted molar refractivity (Wildman–Crippen MR) is 91.7 cm³/mol. The second-order valence-electron chi connectivity index (χ2n) is 6.73. The molecule has 1 N–H and O–H groups in total. The molecule has 0 aromatic rings. The maximum atomic E-state index is 12.0. The van der Waals surface area contributed by atoms with E-state index >= 15 is 0 Å². The van der Waals surface area contributed by atoms with Gasteiger partial charge in [0.2, 0.25) is 11.8 Å². The summed E-state index contributed by atoms with van der Waals surface area (Å²) in [6.07, 6.45) is 3.37. The molecule has 0 saturated carbocycles. The molecule has 5 nitrogen and oxygen atoms in total. The largest absolute Gasteiger partial charge is 0.343 e. The van der Waals surface area contributed by atoms with Crippen LogP contribution in [0.15, 0.2) is 0 Å². The van der Waals surface area contributed by atoms with E-state index in [1.807, 2.05) is 41.8 Å². The Morgan fingerprint density at radius 1 is 0.909 bits per heavy atom. The second kappa shape index (κ2) is 10.6. The second-order valence-corrected chi connectivity index (χ2v) is 6.73. The molecule has 0 aliphatic rings. The van der Waals surface area contributed by atoms with Crippen LogP contribution in [0, 0.1) is 0 Å². The number of nitrogens with one attached hydrogen (secondary N) is 1. The van der Waals surface area contributed by atoms with Crippen LogP contribution in [0.2, 0.25) is 0 Å². The normalized spacial score (nSPS) is 12.6. The topological polar surface area (TPSA) is 52.7 Å². The quantitative estimate of drug-likeness (QED) is 0.629. The van der Waals surface area contributed by atoms with E-state index in [0.29, 0.717) is 19.0 Å². The van der Waals surface area contributed by atoms with E-state index < -0.39 is 0 Å². The fraction of sp³-hybridized carbons (Fsp3) is 0.882. The highest BCUT2D eigenvalue weighted by molar-refractivity contribution is 5.78. The van der Waals surface area contributed by atoms with Gasteiger partial charge in [0.15, 0.2) is 0 Å². The van der Waals surface area contributed by atoms with Crippen LogP contribution in [-0.4, -0.2) is 60.4 Å². The lowest BCUT2D eigenvalue weighted by Crippen LogP contribution is -2.42. The molecule has 22 heavy (non-hydrogen) atoms. The molecule has 0 spiro atoms. The molecule has 1 atom stereocenters. The van der Waals surface area contributed by atoms with Crippen molar-refractivity contribution in [2.45, 2.75) is 78.4 Å². The molecule has 5 heteroatoms. The summed E-state index contributed by atoms with van der Waals surface area (Å²) in [5.41, 5.74) is 0. The van der Waals surface area contributed by atoms with E-state index in [1.54, 1.807) is 9.80 Å². The van der Waals surface area contributed by atoms with Crippen molar-refractivity contribution in [3.8, 4) is 0 Å². The van der Waals surface area contributed by atoms with Crippen LogP contribution < -0.4 is 5.32 Å². The van der Waals surface area contributed by atoms with Gasteiger partial charge in [-0.05, 0) is 33.6 Å². The van der Waals surface area contributed by atoms with E-state index in [9.17, 15) is 9.59 Å². The standard InChI is InChI=1S/C17H35N3O2/c1-13(2)18-12-17(22)20(7)15(5)10-8-9-11-16(21)19(6)14(3)4/h13-15,18H,8-12H2,1-7H3. The van der Waals surface area contributed by atoms with Crippen molar-refractivity contribution in [1.82, 2.24) is 15.1 Å². The van der Waals surface area contributed by atoms with Gasteiger partial charge in [-0.3, -0.25) is 9.59 Å². The fourth-order valence-corrected chi connectivity index (χ4v) is 2.04. The molecular formula is C17H35N3O2. The fourth-order valence-electron chi connectivity index (χ4n) is 2.04. The number of rotatable bonds is 10. The van der Waals surface area contributed by atoms with Crippen molar-refractivity contribution < 1.29 is 9.59 Å². The molecule has 130 valence electrons. The molecule has 0 radical (unpaired) electrons. The van der Waals surface area contributed by atoms with Gasteiger partial charge in [-0.2, -0.15) is 0 Å². The highest BCUT2D eigenvalue weighted by Crippen LogP contribution is 2.10. The van der Waals surface area contributed by atoms with E-state index in [4.69, 9.17) is 0 Å². The molecule has 0 rings (SSSR count). The minimum Gasteiger partial charge on any atom is -0.343 e. The Morgan fingerprint density at radius 2 is 1.50 bits per heavy atom. The Morgan fingerprint density at radius 3 is 2.00 bits per heavy atom. The van der Waals surface area contributed by atoms with Crippen LogP contribution in [-0.2, 0) is 9.59 Å². The van der Waals surface area contributed by atoms with E-state index in [2.05, 4.69) is 12.2 Å². The molecule has 0 fully saturated rings. The van der Waals surface area contributed by atoms with Gasteiger partial charge in [0.25, 0.3) is 0 Å². The Bertz CT molecular complexity index is 343. The monoisotopic (exact) mass is 313 g/mol. The highest BCUT2D eigenvalue weighted by Gasteiger charge is 2.16. The smallest absolute Gasteiger partial charge is 0.236 e. The van der Waals surface area contributed by atoms with Crippen molar-refractivity contribution in [2.24, 2.45) is 0 Å². The third-order valence-electron chi connectivity index (χ3n) is 4.15. The summed E-state index contributed by atoms with van der Waals surface area (Å²) in [6, 6.07) is 0.777. The zero-order valence-electron chi connectivity index (χ0n) is 15.5. The molecule has 1 unspecified atom stereocenters. The van der Waals surface area contributed by atoms with Gasteiger partial charge >= 0.3 is 0 Å². The third kappa shape index (κ3) is 8.37. The summed E-state index contributed by atoms with van der Waals surface area (Å²) in [5, 5.41) is 3.14. The van der Waals surface area contributed by atoms with Gasteiger partial charge in [-0.1, -0.05) is 20.3 Å². The van der Waals surface area contributed by atoms with Crippen molar-refractivity contribution in [3.63, 3.8) is 0 Å². The molecule has 0 aliphatic carbocycles. The van der Waals surface area contributed by atoms with Crippen LogP contribution in [0.4, 0.5) is 0 Å². The molecule has 2 amide bonds. The van der Waals surface area contributed by atoms with Crippen molar-refractivity contribution >= 4 is 11.8 Å². The zero-order valence-corrected chi connectivity index (χ0v) is 15.5. The summed E-state index contributed by atoms with van der Waals surface area (Å²) in [7, 11) is 3.70. The van der Waals surface area contributed by atoms with Crippen LogP contribution in [0.1, 0.15) is 60.3 Å². The lowest BCUT2D eigenvalue weighted by Gasteiger charge is -2.26. The maximum absolute atomic E-state index is 12.0. The number of amides is 2. The average molecular weight is 313 g/mol. The van der Waals surface area contributed by atoms with Crippen molar-refractivity contribution in [3.05, 3.63) is 0 Å². The summed E-state index contributed by atoms with van der Waals surface area (Å²) in [6.45, 7) is 10.5. The van der Waals surface area contributed by atoms with Crippen molar-refractivity contribution in [2.75, 3.05) is 20.6 Å². The van der Waals surface area contributed by atoms with Crippen LogP contribution in [0.3, 0.4) is 0 Å². The minimum absolute atomic E-state index is 0.122. The molecule has 0 heterocycles. The number of likely N-dealkylation sites (N-methyl/N-ethyl adjacent to an activating group) is 1. The Hall–Kier alpha value is -1.10. The lowest BCUT2D eigenvalue weighted by atomic mass is 10.1. The number of hydrogen-bond donors (Lipinski definition) is 1. The molecule has 0 saturated heterocycles. The Balaban J connectivity index is 3.95. The van der Waals surface area contributed by atoms with Gasteiger partial charge in [0.05, 0.1) is 6.54 Å². The predicted octanol–water partition coefficient (Wildman–Crippen LogP) is 2.26. The number of nitrogens with zero attached hydrogens (tertiary/aromatic N) is 2. The van der Waals surface area contributed by atoms with Gasteiger partial charge < -0.3 is 15.1 Å². The van der Waals surface area contributed by atoms with Gasteiger partial charge in [-0.25, -0.2) is 0 Å². The summed E-state index contributed by atoms with van der Waals surface area (Å²) < 4.78 is 0. The van der Waals surface area contributed by atoms with Crippen LogP contribution in [0.25, 0.3) is 0 Å². The first-order valence-corrected chi connectivity index (χ1v) is 8.41. The zero-order chi connectivity index (χ0) is 17.3. The lowest BCUT2D eigenvalue weighted by molar-refractivity contribution is -0.132. The minimum atomic E-state index is 0.122. The third-order valence-corrected chi connectivity index (χ3v) is 4.15. The van der Waals surface area contributed by atoms with Crippen LogP contribution in [0.5, 0.6) is 0 Å².